The molecule has 0 fully saturated rings. The maximum absolute atomic E-state index is 13.2. The fraction of sp³-hybridized carbons (Fsp3) is 0.188. The first-order valence-corrected chi connectivity index (χ1v) is 8.63. The number of hydrogen-bond donors (Lipinski definition) is 2. The van der Waals surface area contributed by atoms with Crippen LogP contribution in [0.1, 0.15) is 11.4 Å². The van der Waals surface area contributed by atoms with Crippen molar-refractivity contribution in [2.24, 2.45) is 0 Å². The van der Waals surface area contributed by atoms with E-state index in [9.17, 15) is 12.8 Å². The summed E-state index contributed by atoms with van der Waals surface area (Å²) in [6.07, 6.45) is 0.439. The van der Waals surface area contributed by atoms with Crippen molar-refractivity contribution in [1.29, 1.82) is 0 Å². The zero-order valence-corrected chi connectivity index (χ0v) is 13.3. The monoisotopic (exact) mass is 333 g/mol. The van der Waals surface area contributed by atoms with E-state index in [1.807, 2.05) is 24.3 Å². The molecule has 0 amide bonds. The molecule has 0 atom stereocenters. The molecule has 0 saturated heterocycles. The van der Waals surface area contributed by atoms with Gasteiger partial charge >= 0.3 is 0 Å². The molecule has 0 radical (unpaired) electrons. The topological polar surface area (TPSA) is 74.8 Å². The number of H-pyrrole nitrogens is 1. The quantitative estimate of drug-likeness (QED) is 0.753. The Balaban J connectivity index is 1.68. The molecule has 0 spiro atoms. The fourth-order valence-corrected chi connectivity index (χ4v) is 3.41. The average molecular weight is 333 g/mol. The number of aryl methyl sites for hydroxylation is 1. The second-order valence-electron chi connectivity index (χ2n) is 5.26. The predicted molar refractivity (Wildman–Crippen MR) is 86.1 cm³/mol. The Kier molecular flexibility index (Phi) is 4.14. The third kappa shape index (κ3) is 3.40. The summed E-state index contributed by atoms with van der Waals surface area (Å²) in [5.41, 5.74) is 2.06. The molecule has 0 unspecified atom stereocenters. The largest absolute Gasteiger partial charge is 0.342 e. The van der Waals surface area contributed by atoms with Crippen LogP contribution in [0.2, 0.25) is 0 Å². The van der Waals surface area contributed by atoms with Crippen LogP contribution in [0, 0.1) is 12.7 Å². The van der Waals surface area contributed by atoms with Crippen LogP contribution in [0.3, 0.4) is 0 Å². The van der Waals surface area contributed by atoms with Crippen molar-refractivity contribution in [3.63, 3.8) is 0 Å². The van der Waals surface area contributed by atoms with Crippen LogP contribution in [0.4, 0.5) is 4.39 Å². The van der Waals surface area contributed by atoms with Crippen LogP contribution < -0.4 is 4.72 Å². The molecule has 23 heavy (non-hydrogen) atoms. The highest BCUT2D eigenvalue weighted by Crippen LogP contribution is 2.14. The zero-order chi connectivity index (χ0) is 16.4. The lowest BCUT2D eigenvalue weighted by molar-refractivity contribution is 0.579. The molecule has 7 heteroatoms. The fourth-order valence-electron chi connectivity index (χ4n) is 2.30. The highest BCUT2D eigenvalue weighted by molar-refractivity contribution is 7.89. The molecular weight excluding hydrogens is 317 g/mol. The third-order valence-electron chi connectivity index (χ3n) is 3.53. The maximum Gasteiger partial charge on any atom is 0.240 e. The van der Waals surface area contributed by atoms with Gasteiger partial charge in [-0.25, -0.2) is 22.5 Å². The SMILES string of the molecule is Cc1cc(S(=O)(=O)NCCc2nc3ccccc3[nH]2)ccc1F. The van der Waals surface area contributed by atoms with Crippen molar-refractivity contribution >= 4 is 21.1 Å². The number of aromatic amines is 1. The molecule has 3 aromatic rings. The zero-order valence-electron chi connectivity index (χ0n) is 12.5. The average Bonchev–Trinajstić information content (AvgIpc) is 2.92. The maximum atomic E-state index is 13.2. The van der Waals surface area contributed by atoms with Crippen LogP contribution >= 0.6 is 0 Å². The second kappa shape index (κ2) is 6.10. The standard InChI is InChI=1S/C16H16FN3O2S/c1-11-10-12(6-7-13(11)17)23(21,22)18-9-8-16-19-14-4-2-3-5-15(14)20-16/h2-7,10,18H,8-9H2,1H3,(H,19,20). The lowest BCUT2D eigenvalue weighted by Crippen LogP contribution is -2.26. The number of imidazole rings is 1. The van der Waals surface area contributed by atoms with E-state index < -0.39 is 15.8 Å². The molecule has 120 valence electrons. The van der Waals surface area contributed by atoms with Crippen molar-refractivity contribution in [2.75, 3.05) is 6.54 Å². The van der Waals surface area contributed by atoms with Gasteiger partial charge in [-0.3, -0.25) is 0 Å². The van der Waals surface area contributed by atoms with E-state index >= 15 is 0 Å². The second-order valence-corrected chi connectivity index (χ2v) is 7.03. The molecule has 0 saturated carbocycles. The van der Waals surface area contributed by atoms with E-state index in [0.29, 0.717) is 17.8 Å². The van der Waals surface area contributed by atoms with Crippen molar-refractivity contribution in [3.05, 3.63) is 59.7 Å². The van der Waals surface area contributed by atoms with Crippen molar-refractivity contribution in [3.8, 4) is 0 Å². The molecular formula is C16H16FN3O2S. The number of fused-ring (bicyclic) bond motifs is 1. The van der Waals surface area contributed by atoms with Gasteiger partial charge in [-0.15, -0.1) is 0 Å². The van der Waals surface area contributed by atoms with E-state index in [1.54, 1.807) is 0 Å². The van der Waals surface area contributed by atoms with Gasteiger partial charge in [0.1, 0.15) is 11.6 Å². The number of benzene rings is 2. The van der Waals surface area contributed by atoms with E-state index in [-0.39, 0.29) is 11.4 Å². The first-order chi connectivity index (χ1) is 11.0. The molecule has 0 aliphatic heterocycles. The van der Waals surface area contributed by atoms with Gasteiger partial charge in [-0.05, 0) is 42.8 Å². The molecule has 0 bridgehead atoms. The number of halogens is 1. The third-order valence-corrected chi connectivity index (χ3v) is 4.99. The molecule has 3 rings (SSSR count). The number of nitrogens with one attached hydrogen (secondary N) is 2. The van der Waals surface area contributed by atoms with Crippen molar-refractivity contribution < 1.29 is 12.8 Å². The first kappa shape index (κ1) is 15.6. The smallest absolute Gasteiger partial charge is 0.240 e. The molecule has 1 heterocycles. The Morgan fingerprint density at radius 3 is 2.74 bits per heavy atom. The highest BCUT2D eigenvalue weighted by Gasteiger charge is 2.15. The van der Waals surface area contributed by atoms with Crippen LogP contribution in [-0.4, -0.2) is 24.9 Å². The van der Waals surface area contributed by atoms with Gasteiger partial charge in [0.2, 0.25) is 10.0 Å². The number of para-hydroxylation sites is 2. The Bertz CT molecular complexity index is 918. The van der Waals surface area contributed by atoms with Gasteiger partial charge in [-0.2, -0.15) is 0 Å². The minimum Gasteiger partial charge on any atom is -0.342 e. The Labute approximate surface area is 133 Å². The number of aromatic nitrogens is 2. The summed E-state index contributed by atoms with van der Waals surface area (Å²) >= 11 is 0. The summed E-state index contributed by atoms with van der Waals surface area (Å²) < 4.78 is 40.1. The molecule has 0 aliphatic rings. The van der Waals surface area contributed by atoms with Crippen molar-refractivity contribution in [1.82, 2.24) is 14.7 Å². The van der Waals surface area contributed by atoms with Gasteiger partial charge < -0.3 is 4.98 Å². The van der Waals surface area contributed by atoms with Gasteiger partial charge in [-0.1, -0.05) is 12.1 Å². The van der Waals surface area contributed by atoms with Gasteiger partial charge in [0, 0.05) is 13.0 Å². The van der Waals surface area contributed by atoms with Gasteiger partial charge in [0.05, 0.1) is 15.9 Å². The number of nitrogens with zero attached hydrogens (tertiary/aromatic N) is 1. The molecule has 0 aliphatic carbocycles. The number of sulfonamides is 1. The normalized spacial score (nSPS) is 11.9. The van der Waals surface area contributed by atoms with Crippen LogP contribution in [0.5, 0.6) is 0 Å². The van der Waals surface area contributed by atoms with Crippen LogP contribution in [0.15, 0.2) is 47.4 Å². The number of rotatable bonds is 5. The van der Waals surface area contributed by atoms with E-state index in [2.05, 4.69) is 14.7 Å². The van der Waals surface area contributed by atoms with E-state index in [1.165, 1.54) is 19.1 Å². The molecule has 2 N–H and O–H groups in total. The Morgan fingerprint density at radius 1 is 1.22 bits per heavy atom. The van der Waals surface area contributed by atoms with E-state index in [4.69, 9.17) is 0 Å². The van der Waals surface area contributed by atoms with E-state index in [0.717, 1.165) is 17.1 Å². The number of hydrogen-bond acceptors (Lipinski definition) is 3. The Hall–Kier alpha value is -2.25. The predicted octanol–water partition coefficient (Wildman–Crippen LogP) is 2.53. The summed E-state index contributed by atoms with van der Waals surface area (Å²) in [6, 6.07) is 11.3. The molecule has 2 aromatic carbocycles. The summed E-state index contributed by atoms with van der Waals surface area (Å²) in [5, 5.41) is 0. The lowest BCUT2D eigenvalue weighted by atomic mass is 10.2. The molecule has 5 nitrogen and oxygen atoms in total. The minimum atomic E-state index is -3.66. The highest BCUT2D eigenvalue weighted by atomic mass is 32.2. The Morgan fingerprint density at radius 2 is 2.00 bits per heavy atom. The minimum absolute atomic E-state index is 0.0565. The van der Waals surface area contributed by atoms with Crippen LogP contribution in [-0.2, 0) is 16.4 Å². The summed E-state index contributed by atoms with van der Waals surface area (Å²) in [7, 11) is -3.66. The van der Waals surface area contributed by atoms with Crippen molar-refractivity contribution in [2.45, 2.75) is 18.2 Å². The lowest BCUT2D eigenvalue weighted by Gasteiger charge is -2.07. The summed E-state index contributed by atoms with van der Waals surface area (Å²) in [4.78, 5) is 7.59. The summed E-state index contributed by atoms with van der Waals surface area (Å²) in [5.74, 6) is 0.287. The first-order valence-electron chi connectivity index (χ1n) is 7.15. The van der Waals surface area contributed by atoms with Gasteiger partial charge in [0.15, 0.2) is 0 Å². The van der Waals surface area contributed by atoms with Crippen LogP contribution in [0.25, 0.3) is 11.0 Å². The van der Waals surface area contributed by atoms with Gasteiger partial charge in [0.25, 0.3) is 0 Å². The molecule has 1 aromatic heterocycles. The summed E-state index contributed by atoms with van der Waals surface area (Å²) in [6.45, 7) is 1.74.